The molecule has 0 nitrogen and oxygen atoms in total. The summed E-state index contributed by atoms with van der Waals surface area (Å²) in [5.41, 5.74) is 0. The van der Waals surface area contributed by atoms with E-state index in [9.17, 15) is 0 Å². The fourth-order valence-corrected chi connectivity index (χ4v) is 0. The largest absolute Gasteiger partial charge is 0 e. The van der Waals surface area contributed by atoms with Crippen molar-refractivity contribution in [3.63, 3.8) is 0 Å². The molecule has 0 aliphatic rings. The summed E-state index contributed by atoms with van der Waals surface area (Å²) in [6.07, 6.45) is 0. The van der Waals surface area contributed by atoms with Gasteiger partial charge in [-0.2, -0.15) is 0 Å². The first kappa shape index (κ1) is 30.9. The maximum absolute atomic E-state index is 0. The normalized spacial score (nSPS) is 0. The maximum atomic E-state index is 0. The first-order chi connectivity index (χ1) is 0. The van der Waals surface area contributed by atoms with Crippen molar-refractivity contribution in [1.82, 2.24) is 0 Å². The number of hydrogen-bond donors (Lipinski definition) is 0. The summed E-state index contributed by atoms with van der Waals surface area (Å²) in [6.45, 7) is 0. The van der Waals surface area contributed by atoms with Crippen LogP contribution in [0.1, 0.15) is 0 Å². The van der Waals surface area contributed by atoms with Gasteiger partial charge in [-0.15, -0.1) is 0 Å². The van der Waals surface area contributed by atoms with Gasteiger partial charge in [0, 0.05) is 80.1 Å². The molecule has 0 saturated carbocycles. The Morgan fingerprint density at radius 2 is 1.00 bits per heavy atom. The molecule has 0 unspecified atom stereocenters. The molecule has 0 aromatic rings. The molecule has 0 aliphatic heterocycles. The topological polar surface area (TPSA) is 0 Å². The van der Waals surface area contributed by atoms with Crippen molar-refractivity contribution in [3.8, 4) is 0 Å². The van der Waals surface area contributed by atoms with Crippen molar-refractivity contribution in [1.29, 1.82) is 0 Å². The quantitative estimate of drug-likeness (QED) is 0.523. The molecule has 7 radical (unpaired) electrons. The fourth-order valence-electron chi connectivity index (χ4n) is 0. The van der Waals surface area contributed by atoms with E-state index in [-0.39, 0.29) is 80.1 Å². The molecule has 0 aromatic heterocycles. The van der Waals surface area contributed by atoms with Gasteiger partial charge in [-0.3, -0.25) is 0 Å². The second-order valence-electron chi connectivity index (χ2n) is 0. The summed E-state index contributed by atoms with van der Waals surface area (Å²) >= 11 is 0. The molecule has 0 rings (SSSR count). The Bertz CT molecular complexity index is 8.00. The van der Waals surface area contributed by atoms with Gasteiger partial charge in [-0.25, -0.2) is 0 Å². The van der Waals surface area contributed by atoms with Gasteiger partial charge < -0.3 is 0 Å². The molecule has 4 heavy (non-hydrogen) atoms. The molecule has 4 heteroatoms. The van der Waals surface area contributed by atoms with E-state index in [0.29, 0.717) is 0 Å². The van der Waals surface area contributed by atoms with Gasteiger partial charge in [0.15, 0.2) is 0 Å². The zero-order valence-corrected chi connectivity index (χ0v) is 7.76. The summed E-state index contributed by atoms with van der Waals surface area (Å²) in [5.74, 6) is 0. The number of rotatable bonds is 0. The maximum Gasteiger partial charge on any atom is 0 e. The zero-order chi connectivity index (χ0) is 0. The van der Waals surface area contributed by atoms with Gasteiger partial charge in [0.05, 0.1) is 0 Å². The molecular formula is AgCoCuSn. The molecule has 0 saturated heterocycles. The van der Waals surface area contributed by atoms with Crippen LogP contribution in [0.4, 0.5) is 0 Å². The molecule has 0 aliphatic carbocycles. The van der Waals surface area contributed by atoms with E-state index in [4.69, 9.17) is 0 Å². The second kappa shape index (κ2) is 17.6. The van der Waals surface area contributed by atoms with Gasteiger partial charge >= 0.3 is 0 Å². The smallest absolute Gasteiger partial charge is 0 e. The van der Waals surface area contributed by atoms with Crippen molar-refractivity contribution in [3.05, 3.63) is 0 Å². The average Bonchev–Trinajstić information content (AvgIpc) is 0. The molecule has 0 spiro atoms. The van der Waals surface area contributed by atoms with E-state index >= 15 is 0 Å². The Hall–Kier alpha value is 2.56. The molecule has 0 aromatic carbocycles. The summed E-state index contributed by atoms with van der Waals surface area (Å²) in [7, 11) is 0. The third-order valence-electron chi connectivity index (χ3n) is 0. The second-order valence-corrected chi connectivity index (χ2v) is 0. The van der Waals surface area contributed by atoms with E-state index < -0.39 is 0 Å². The zero-order valence-electron chi connectivity index (χ0n) is 1.44. The predicted octanol–water partition coefficient (Wildman–Crippen LogP) is -0.388. The van der Waals surface area contributed by atoms with Gasteiger partial charge in [-0.1, -0.05) is 0 Å². The average molecular weight is 349 g/mol. The third-order valence-corrected chi connectivity index (χ3v) is 0. The van der Waals surface area contributed by atoms with E-state index in [1.54, 1.807) is 0 Å². The van der Waals surface area contributed by atoms with E-state index in [2.05, 4.69) is 0 Å². The van der Waals surface area contributed by atoms with Crippen molar-refractivity contribution >= 4 is 23.9 Å². The van der Waals surface area contributed by atoms with Gasteiger partial charge in [0.1, 0.15) is 0 Å². The van der Waals surface area contributed by atoms with Crippen LogP contribution in [0.5, 0.6) is 0 Å². The van der Waals surface area contributed by atoms with Crippen LogP contribution < -0.4 is 0 Å². The van der Waals surface area contributed by atoms with Crippen LogP contribution in [0.2, 0.25) is 0 Å². The monoisotopic (exact) mass is 349 g/mol. The van der Waals surface area contributed by atoms with Crippen molar-refractivity contribution in [2.45, 2.75) is 0 Å². The Morgan fingerprint density at radius 3 is 1.00 bits per heavy atom. The third kappa shape index (κ3) is 8.82. The first-order valence-corrected chi connectivity index (χ1v) is 0. The molecule has 0 atom stereocenters. The van der Waals surface area contributed by atoms with Crippen molar-refractivity contribution < 1.29 is 56.2 Å². The molecule has 0 bridgehead atoms. The number of hydrogen-bond acceptors (Lipinski definition) is 0. The van der Waals surface area contributed by atoms with Crippen LogP contribution in [0.3, 0.4) is 0 Å². The Kier molecular flexibility index (Phi) is 136. The summed E-state index contributed by atoms with van der Waals surface area (Å²) in [6, 6.07) is 0. The molecular weight excluding hydrogens is 349 g/mol. The molecule has 0 fully saturated rings. The summed E-state index contributed by atoms with van der Waals surface area (Å²) in [5, 5.41) is 0. The minimum Gasteiger partial charge on any atom is 0 e. The van der Waals surface area contributed by atoms with Gasteiger partial charge in [0.25, 0.3) is 0 Å². The molecule has 35 valence electrons. The van der Waals surface area contributed by atoms with E-state index in [1.165, 1.54) is 0 Å². The Labute approximate surface area is 79.0 Å². The molecule has 0 N–H and O–H groups in total. The summed E-state index contributed by atoms with van der Waals surface area (Å²) < 4.78 is 0. The van der Waals surface area contributed by atoms with E-state index in [1.807, 2.05) is 0 Å². The van der Waals surface area contributed by atoms with Crippen LogP contribution in [0.25, 0.3) is 0 Å². The minimum absolute atomic E-state index is 0. The van der Waals surface area contributed by atoms with Crippen LogP contribution in [0.15, 0.2) is 0 Å². The van der Waals surface area contributed by atoms with Crippen molar-refractivity contribution in [2.24, 2.45) is 0 Å². The van der Waals surface area contributed by atoms with Crippen LogP contribution >= 0.6 is 0 Å². The van der Waals surface area contributed by atoms with E-state index in [0.717, 1.165) is 0 Å². The van der Waals surface area contributed by atoms with Crippen LogP contribution in [-0.2, 0) is 56.2 Å². The Morgan fingerprint density at radius 1 is 1.00 bits per heavy atom. The van der Waals surface area contributed by atoms with Crippen LogP contribution in [0, 0.1) is 0 Å². The summed E-state index contributed by atoms with van der Waals surface area (Å²) in [4.78, 5) is 0. The van der Waals surface area contributed by atoms with Crippen molar-refractivity contribution in [2.75, 3.05) is 0 Å². The Balaban J connectivity index is 0. The predicted molar refractivity (Wildman–Crippen MR) is 5.75 cm³/mol. The standard InChI is InChI=1S/Ag.Co.Cu.Sn. The SMILES string of the molecule is [Ag].[Co].[Cu].[Sn]. The minimum atomic E-state index is 0. The molecule has 0 heterocycles. The van der Waals surface area contributed by atoms with Gasteiger partial charge in [0.2, 0.25) is 0 Å². The first-order valence-electron chi connectivity index (χ1n) is 0. The fraction of sp³-hybridized carbons (Fsp3) is 0. The molecule has 0 amide bonds. The van der Waals surface area contributed by atoms with Crippen LogP contribution in [-0.4, -0.2) is 23.9 Å². The van der Waals surface area contributed by atoms with Gasteiger partial charge in [-0.05, 0) is 0 Å².